The SMILES string of the molecule is CC(N)Cc1cc(C2CCC2)no1. The van der Waals surface area contributed by atoms with Crippen molar-refractivity contribution in [2.75, 3.05) is 0 Å². The fourth-order valence-electron chi connectivity index (χ4n) is 1.64. The van der Waals surface area contributed by atoms with E-state index >= 15 is 0 Å². The highest BCUT2D eigenvalue weighted by atomic mass is 16.5. The van der Waals surface area contributed by atoms with Crippen molar-refractivity contribution < 1.29 is 4.52 Å². The molecule has 72 valence electrons. The van der Waals surface area contributed by atoms with Crippen LogP contribution in [-0.2, 0) is 6.42 Å². The van der Waals surface area contributed by atoms with E-state index in [1.165, 1.54) is 19.3 Å². The lowest BCUT2D eigenvalue weighted by Crippen LogP contribution is -2.17. The highest BCUT2D eigenvalue weighted by molar-refractivity contribution is 5.13. The van der Waals surface area contributed by atoms with Crippen LogP contribution in [-0.4, -0.2) is 11.2 Å². The minimum atomic E-state index is 0.155. The lowest BCUT2D eigenvalue weighted by Gasteiger charge is -2.22. The molecule has 1 aromatic rings. The van der Waals surface area contributed by atoms with Crippen LogP contribution in [0, 0.1) is 0 Å². The number of nitrogens with zero attached hydrogens (tertiary/aromatic N) is 1. The molecule has 0 saturated heterocycles. The number of rotatable bonds is 3. The zero-order chi connectivity index (χ0) is 9.26. The van der Waals surface area contributed by atoms with Crippen LogP contribution in [0.3, 0.4) is 0 Å². The molecule has 3 heteroatoms. The Morgan fingerprint density at radius 2 is 2.46 bits per heavy atom. The second kappa shape index (κ2) is 3.50. The lowest BCUT2D eigenvalue weighted by atomic mass is 9.83. The van der Waals surface area contributed by atoms with Gasteiger partial charge in [-0.25, -0.2) is 0 Å². The summed E-state index contributed by atoms with van der Waals surface area (Å²) in [4.78, 5) is 0. The van der Waals surface area contributed by atoms with Gasteiger partial charge in [0.15, 0.2) is 0 Å². The van der Waals surface area contributed by atoms with E-state index in [2.05, 4.69) is 11.2 Å². The van der Waals surface area contributed by atoms with Gasteiger partial charge in [-0.15, -0.1) is 0 Å². The van der Waals surface area contributed by atoms with Crippen LogP contribution < -0.4 is 5.73 Å². The summed E-state index contributed by atoms with van der Waals surface area (Å²) in [5.74, 6) is 1.59. The molecule has 1 aliphatic carbocycles. The fourth-order valence-corrected chi connectivity index (χ4v) is 1.64. The van der Waals surface area contributed by atoms with E-state index in [0.717, 1.165) is 17.9 Å². The molecule has 1 fully saturated rings. The zero-order valence-electron chi connectivity index (χ0n) is 7.99. The predicted octanol–water partition coefficient (Wildman–Crippen LogP) is 1.83. The number of aromatic nitrogens is 1. The second-order valence-corrected chi connectivity index (χ2v) is 4.03. The van der Waals surface area contributed by atoms with Gasteiger partial charge in [0.05, 0.1) is 5.69 Å². The second-order valence-electron chi connectivity index (χ2n) is 4.03. The number of hydrogen-bond donors (Lipinski definition) is 1. The van der Waals surface area contributed by atoms with Gasteiger partial charge in [-0.3, -0.25) is 0 Å². The molecule has 3 nitrogen and oxygen atoms in total. The molecular formula is C10H16N2O. The third-order valence-corrected chi connectivity index (χ3v) is 2.62. The standard InChI is InChI=1S/C10H16N2O/c1-7(11)5-9-6-10(12-13-9)8-3-2-4-8/h6-8H,2-5,11H2,1H3. The summed E-state index contributed by atoms with van der Waals surface area (Å²) < 4.78 is 5.20. The molecule has 13 heavy (non-hydrogen) atoms. The third-order valence-electron chi connectivity index (χ3n) is 2.62. The molecule has 0 aliphatic heterocycles. The highest BCUT2D eigenvalue weighted by Crippen LogP contribution is 2.35. The van der Waals surface area contributed by atoms with Crippen molar-refractivity contribution in [1.82, 2.24) is 5.16 Å². The van der Waals surface area contributed by atoms with E-state index in [4.69, 9.17) is 10.3 Å². The topological polar surface area (TPSA) is 52.0 Å². The van der Waals surface area contributed by atoms with E-state index in [1.807, 2.05) is 6.92 Å². The molecule has 1 heterocycles. The molecule has 1 unspecified atom stereocenters. The molecule has 0 aromatic carbocycles. The first kappa shape index (κ1) is 8.75. The van der Waals surface area contributed by atoms with Crippen molar-refractivity contribution >= 4 is 0 Å². The van der Waals surface area contributed by atoms with Crippen molar-refractivity contribution in [3.05, 3.63) is 17.5 Å². The summed E-state index contributed by atoms with van der Waals surface area (Å²) in [6, 6.07) is 2.22. The van der Waals surface area contributed by atoms with Crippen LogP contribution in [0.1, 0.15) is 43.6 Å². The van der Waals surface area contributed by atoms with Crippen LogP contribution in [0.2, 0.25) is 0 Å². The molecule has 0 bridgehead atoms. The van der Waals surface area contributed by atoms with Gasteiger partial charge in [0.1, 0.15) is 5.76 Å². The quantitative estimate of drug-likeness (QED) is 0.772. The Balaban J connectivity index is 2.00. The molecule has 0 radical (unpaired) electrons. The van der Waals surface area contributed by atoms with Gasteiger partial charge in [-0.05, 0) is 19.8 Å². The molecule has 1 aromatic heterocycles. The van der Waals surface area contributed by atoms with Crippen LogP contribution in [0.15, 0.2) is 10.6 Å². The molecule has 0 amide bonds. The first-order valence-corrected chi connectivity index (χ1v) is 4.97. The third kappa shape index (κ3) is 1.91. The highest BCUT2D eigenvalue weighted by Gasteiger charge is 2.22. The summed E-state index contributed by atoms with van der Waals surface area (Å²) in [5, 5.41) is 4.06. The normalized spacial score (nSPS) is 19.8. The van der Waals surface area contributed by atoms with Crippen molar-refractivity contribution in [2.45, 2.75) is 44.6 Å². The van der Waals surface area contributed by atoms with Crippen LogP contribution >= 0.6 is 0 Å². The van der Waals surface area contributed by atoms with Gasteiger partial charge in [-0.2, -0.15) is 0 Å². The molecule has 2 N–H and O–H groups in total. The first-order valence-electron chi connectivity index (χ1n) is 4.97. The monoisotopic (exact) mass is 180 g/mol. The maximum atomic E-state index is 5.67. The van der Waals surface area contributed by atoms with E-state index < -0.39 is 0 Å². The van der Waals surface area contributed by atoms with Gasteiger partial charge in [0.25, 0.3) is 0 Å². The maximum absolute atomic E-state index is 5.67. The average Bonchev–Trinajstić information content (AvgIpc) is 2.31. The summed E-state index contributed by atoms with van der Waals surface area (Å²) in [6.07, 6.45) is 4.66. The summed E-state index contributed by atoms with van der Waals surface area (Å²) >= 11 is 0. The van der Waals surface area contributed by atoms with E-state index in [9.17, 15) is 0 Å². The Kier molecular flexibility index (Phi) is 2.36. The average molecular weight is 180 g/mol. The summed E-state index contributed by atoms with van der Waals surface area (Å²) in [5.41, 5.74) is 6.80. The minimum absolute atomic E-state index is 0.155. The molecule has 0 spiro atoms. The smallest absolute Gasteiger partial charge is 0.138 e. The minimum Gasteiger partial charge on any atom is -0.361 e. The summed E-state index contributed by atoms with van der Waals surface area (Å²) in [7, 11) is 0. The van der Waals surface area contributed by atoms with Gasteiger partial charge >= 0.3 is 0 Å². The van der Waals surface area contributed by atoms with Gasteiger partial charge < -0.3 is 10.3 Å². The zero-order valence-corrected chi connectivity index (χ0v) is 7.99. The fraction of sp³-hybridized carbons (Fsp3) is 0.700. The maximum Gasteiger partial charge on any atom is 0.138 e. The molecule has 1 saturated carbocycles. The van der Waals surface area contributed by atoms with Crippen LogP contribution in [0.25, 0.3) is 0 Å². The van der Waals surface area contributed by atoms with E-state index in [-0.39, 0.29) is 6.04 Å². The van der Waals surface area contributed by atoms with Gasteiger partial charge in [-0.1, -0.05) is 11.6 Å². The Bertz CT molecular complexity index is 276. The molecule has 2 rings (SSSR count). The van der Waals surface area contributed by atoms with Gasteiger partial charge in [0, 0.05) is 24.4 Å². The Morgan fingerprint density at radius 3 is 3.00 bits per heavy atom. The van der Waals surface area contributed by atoms with Crippen LogP contribution in [0.5, 0.6) is 0 Å². The Hall–Kier alpha value is -0.830. The lowest BCUT2D eigenvalue weighted by molar-refractivity contribution is 0.344. The first-order chi connectivity index (χ1) is 6.25. The van der Waals surface area contributed by atoms with E-state index in [1.54, 1.807) is 0 Å². The van der Waals surface area contributed by atoms with Crippen molar-refractivity contribution in [3.8, 4) is 0 Å². The Morgan fingerprint density at radius 1 is 1.69 bits per heavy atom. The van der Waals surface area contributed by atoms with E-state index in [0.29, 0.717) is 5.92 Å². The number of hydrogen-bond acceptors (Lipinski definition) is 3. The number of nitrogens with two attached hydrogens (primary N) is 1. The van der Waals surface area contributed by atoms with Crippen molar-refractivity contribution in [1.29, 1.82) is 0 Å². The summed E-state index contributed by atoms with van der Waals surface area (Å²) in [6.45, 7) is 1.98. The molecule has 1 aliphatic rings. The van der Waals surface area contributed by atoms with Crippen LogP contribution in [0.4, 0.5) is 0 Å². The van der Waals surface area contributed by atoms with Crippen molar-refractivity contribution in [3.63, 3.8) is 0 Å². The molecular weight excluding hydrogens is 164 g/mol. The largest absolute Gasteiger partial charge is 0.361 e. The predicted molar refractivity (Wildman–Crippen MR) is 50.4 cm³/mol. The Labute approximate surface area is 78.3 Å². The molecule has 1 atom stereocenters. The van der Waals surface area contributed by atoms with Crippen molar-refractivity contribution in [2.24, 2.45) is 5.73 Å². The van der Waals surface area contributed by atoms with Gasteiger partial charge in [0.2, 0.25) is 0 Å².